The van der Waals surface area contributed by atoms with Crippen molar-refractivity contribution in [1.29, 1.82) is 0 Å². The molecule has 0 bridgehead atoms. The van der Waals surface area contributed by atoms with E-state index in [-0.39, 0.29) is 0 Å². The standard InChI is InChI=1S/C19H37NS4/c1-5-7-9-11-13-15-21-23-18-19(17-20(3)4)24-22-16-14-12-10-8-6-2/h7-10,19H,5-6,11-18H2,1-4H3/b9-7-,10-8-. The highest BCUT2D eigenvalue weighted by atomic mass is 33.1. The number of rotatable bonds is 17. The first-order valence-electron chi connectivity index (χ1n) is 9.18. The number of allylic oxidation sites excluding steroid dienone is 4. The predicted octanol–water partition coefficient (Wildman–Crippen LogP) is 7.17. The summed E-state index contributed by atoms with van der Waals surface area (Å²) in [4.78, 5) is 2.32. The minimum Gasteiger partial charge on any atom is -0.308 e. The molecule has 0 amide bonds. The zero-order valence-electron chi connectivity index (χ0n) is 16.0. The Morgan fingerprint density at radius 2 is 1.38 bits per heavy atom. The molecule has 0 rings (SSSR count). The summed E-state index contributed by atoms with van der Waals surface area (Å²) in [6.45, 7) is 5.58. The molecule has 142 valence electrons. The second-order valence-electron chi connectivity index (χ2n) is 5.95. The monoisotopic (exact) mass is 407 g/mol. The van der Waals surface area contributed by atoms with Crippen LogP contribution in [0.25, 0.3) is 0 Å². The Morgan fingerprint density at radius 1 is 0.792 bits per heavy atom. The van der Waals surface area contributed by atoms with E-state index < -0.39 is 0 Å². The van der Waals surface area contributed by atoms with Crippen molar-refractivity contribution in [2.75, 3.05) is 37.9 Å². The molecule has 0 saturated heterocycles. The zero-order chi connectivity index (χ0) is 17.9. The number of hydrogen-bond donors (Lipinski definition) is 0. The van der Waals surface area contributed by atoms with Crippen LogP contribution in [0.5, 0.6) is 0 Å². The Kier molecular flexibility index (Phi) is 20.9. The van der Waals surface area contributed by atoms with Gasteiger partial charge in [0.15, 0.2) is 0 Å². The van der Waals surface area contributed by atoms with Crippen LogP contribution in [-0.4, -0.2) is 48.0 Å². The van der Waals surface area contributed by atoms with Gasteiger partial charge in [0.2, 0.25) is 0 Å². The summed E-state index contributed by atoms with van der Waals surface area (Å²) in [6.07, 6.45) is 16.6. The van der Waals surface area contributed by atoms with Crippen molar-refractivity contribution in [3.63, 3.8) is 0 Å². The zero-order valence-corrected chi connectivity index (χ0v) is 19.3. The minimum atomic E-state index is 0.730. The van der Waals surface area contributed by atoms with Crippen LogP contribution in [0.3, 0.4) is 0 Å². The molecular weight excluding hydrogens is 370 g/mol. The molecule has 1 atom stereocenters. The molecule has 1 unspecified atom stereocenters. The summed E-state index contributed by atoms with van der Waals surface area (Å²) >= 11 is 0. The fourth-order valence-electron chi connectivity index (χ4n) is 1.93. The SMILES string of the molecule is CC/C=C\CCCSSCC(CN(C)C)SSCCC/C=C\CC. The minimum absolute atomic E-state index is 0.730. The van der Waals surface area contributed by atoms with Gasteiger partial charge in [0.1, 0.15) is 0 Å². The van der Waals surface area contributed by atoms with Gasteiger partial charge in [-0.3, -0.25) is 0 Å². The van der Waals surface area contributed by atoms with Crippen LogP contribution in [0.4, 0.5) is 0 Å². The Balaban J connectivity index is 3.69. The van der Waals surface area contributed by atoms with E-state index in [1.165, 1.54) is 49.5 Å². The normalized spacial score (nSPS) is 13.5. The summed E-state index contributed by atoms with van der Waals surface area (Å²) in [5.74, 6) is 3.79. The maximum Gasteiger partial charge on any atom is 0.0377 e. The lowest BCUT2D eigenvalue weighted by Crippen LogP contribution is -2.24. The van der Waals surface area contributed by atoms with Crippen molar-refractivity contribution in [2.24, 2.45) is 0 Å². The van der Waals surface area contributed by atoms with Crippen LogP contribution in [-0.2, 0) is 0 Å². The highest BCUT2D eigenvalue weighted by molar-refractivity contribution is 8.78. The van der Waals surface area contributed by atoms with Gasteiger partial charge in [-0.2, -0.15) is 0 Å². The molecule has 0 radical (unpaired) electrons. The topological polar surface area (TPSA) is 3.24 Å². The van der Waals surface area contributed by atoms with Crippen LogP contribution in [0.1, 0.15) is 52.4 Å². The first-order valence-corrected chi connectivity index (χ1v) is 14.0. The lowest BCUT2D eigenvalue weighted by molar-refractivity contribution is 0.415. The Hall–Kier alpha value is 0.840. The Morgan fingerprint density at radius 3 is 1.92 bits per heavy atom. The smallest absolute Gasteiger partial charge is 0.0377 e. The summed E-state index contributed by atoms with van der Waals surface area (Å²) < 4.78 is 0. The molecule has 1 nitrogen and oxygen atoms in total. The maximum atomic E-state index is 2.32. The average molecular weight is 408 g/mol. The molecular formula is C19H37NS4. The van der Waals surface area contributed by atoms with Crippen LogP contribution in [0.15, 0.2) is 24.3 Å². The van der Waals surface area contributed by atoms with E-state index in [2.05, 4.69) is 100 Å². The van der Waals surface area contributed by atoms with Crippen molar-refractivity contribution in [2.45, 2.75) is 57.6 Å². The van der Waals surface area contributed by atoms with Crippen LogP contribution in [0.2, 0.25) is 0 Å². The van der Waals surface area contributed by atoms with Crippen LogP contribution in [0, 0.1) is 0 Å². The Labute approximate surface area is 167 Å². The van der Waals surface area contributed by atoms with E-state index in [9.17, 15) is 0 Å². The van der Waals surface area contributed by atoms with Crippen molar-refractivity contribution < 1.29 is 0 Å². The van der Waals surface area contributed by atoms with Gasteiger partial charge in [0.25, 0.3) is 0 Å². The van der Waals surface area contributed by atoms with Gasteiger partial charge < -0.3 is 4.90 Å². The average Bonchev–Trinajstić information content (AvgIpc) is 2.55. The molecule has 0 aliphatic carbocycles. The number of nitrogens with zero attached hydrogens (tertiary/aromatic N) is 1. The molecule has 24 heavy (non-hydrogen) atoms. The highest BCUT2D eigenvalue weighted by Gasteiger charge is 2.11. The molecule has 0 fully saturated rings. The maximum absolute atomic E-state index is 2.32. The lowest BCUT2D eigenvalue weighted by atomic mass is 10.3. The number of hydrogen-bond acceptors (Lipinski definition) is 5. The van der Waals surface area contributed by atoms with E-state index in [1.807, 2.05) is 0 Å². The molecule has 0 aromatic rings. The van der Waals surface area contributed by atoms with E-state index in [4.69, 9.17) is 0 Å². The third-order valence-electron chi connectivity index (χ3n) is 3.11. The molecule has 0 aromatic heterocycles. The van der Waals surface area contributed by atoms with Crippen molar-refractivity contribution in [3.05, 3.63) is 24.3 Å². The highest BCUT2D eigenvalue weighted by Crippen LogP contribution is 2.33. The Bertz CT molecular complexity index is 306. The molecule has 0 aliphatic rings. The summed E-state index contributed by atoms with van der Waals surface area (Å²) in [6, 6.07) is 0. The van der Waals surface area contributed by atoms with Gasteiger partial charge in [0, 0.05) is 29.1 Å². The quantitative estimate of drug-likeness (QED) is 0.142. The summed E-state index contributed by atoms with van der Waals surface area (Å²) in [5, 5.41) is 0.730. The van der Waals surface area contributed by atoms with E-state index in [0.717, 1.165) is 18.1 Å². The fraction of sp³-hybridized carbons (Fsp3) is 0.789. The van der Waals surface area contributed by atoms with E-state index in [0.29, 0.717) is 0 Å². The molecule has 0 aromatic carbocycles. The molecule has 5 heteroatoms. The summed E-state index contributed by atoms with van der Waals surface area (Å²) in [7, 11) is 12.6. The second kappa shape index (κ2) is 20.2. The van der Waals surface area contributed by atoms with Gasteiger partial charge in [-0.15, -0.1) is 0 Å². The first-order chi connectivity index (χ1) is 11.7. The second-order valence-corrected chi connectivity index (χ2v) is 11.4. The fourth-order valence-corrected chi connectivity index (χ4v) is 7.70. The molecule has 0 heterocycles. The first kappa shape index (κ1) is 24.8. The molecule has 0 spiro atoms. The van der Waals surface area contributed by atoms with Crippen molar-refractivity contribution in [3.8, 4) is 0 Å². The third kappa shape index (κ3) is 19.2. The molecule has 0 aliphatic heterocycles. The van der Waals surface area contributed by atoms with Gasteiger partial charge in [-0.25, -0.2) is 0 Å². The van der Waals surface area contributed by atoms with Gasteiger partial charge in [0.05, 0.1) is 0 Å². The summed E-state index contributed by atoms with van der Waals surface area (Å²) in [5.41, 5.74) is 0. The van der Waals surface area contributed by atoms with Gasteiger partial charge in [-0.05, 0) is 52.6 Å². The lowest BCUT2D eigenvalue weighted by Gasteiger charge is -2.19. The van der Waals surface area contributed by atoms with Crippen LogP contribution >= 0.6 is 43.2 Å². The molecule has 0 N–H and O–H groups in total. The van der Waals surface area contributed by atoms with Gasteiger partial charge >= 0.3 is 0 Å². The van der Waals surface area contributed by atoms with E-state index in [1.54, 1.807) is 0 Å². The van der Waals surface area contributed by atoms with E-state index >= 15 is 0 Å². The van der Waals surface area contributed by atoms with Gasteiger partial charge in [-0.1, -0.05) is 81.3 Å². The largest absolute Gasteiger partial charge is 0.308 e. The van der Waals surface area contributed by atoms with Crippen molar-refractivity contribution in [1.82, 2.24) is 4.90 Å². The predicted molar refractivity (Wildman–Crippen MR) is 125 cm³/mol. The van der Waals surface area contributed by atoms with Crippen LogP contribution < -0.4 is 0 Å². The molecule has 0 saturated carbocycles. The van der Waals surface area contributed by atoms with Crippen molar-refractivity contribution >= 4 is 43.2 Å². The third-order valence-corrected chi connectivity index (χ3v) is 8.80. The number of unbranched alkanes of at least 4 members (excludes halogenated alkanes) is 2.